The van der Waals surface area contributed by atoms with Crippen molar-refractivity contribution in [2.75, 3.05) is 6.61 Å². The van der Waals surface area contributed by atoms with Gasteiger partial charge in [0.25, 0.3) is 0 Å². The van der Waals surface area contributed by atoms with Gasteiger partial charge in [-0.05, 0) is 33.3 Å². The van der Waals surface area contributed by atoms with E-state index >= 15 is 0 Å². The Labute approximate surface area is 143 Å². The zero-order valence-electron chi connectivity index (χ0n) is 14.7. The average molecular weight is 337 g/mol. The maximum atomic E-state index is 12.1. The van der Waals surface area contributed by atoms with Crippen LogP contribution in [0.5, 0.6) is 0 Å². The van der Waals surface area contributed by atoms with Gasteiger partial charge in [-0.1, -0.05) is 30.3 Å². The Morgan fingerprint density at radius 2 is 1.96 bits per heavy atom. The molecular weight excluding hydrogens is 310 g/mol. The highest BCUT2D eigenvalue weighted by molar-refractivity contribution is 5.76. The SMILES string of the molecule is CCOC(=O)[C@H](N)[C@@H](OCc1ccccc1)[C@H]1OC(C)(C)O[C@@H]1C. The van der Waals surface area contributed by atoms with Crippen molar-refractivity contribution in [2.24, 2.45) is 5.73 Å². The monoisotopic (exact) mass is 337 g/mol. The largest absolute Gasteiger partial charge is 0.465 e. The standard InChI is InChI=1S/C18H27NO5/c1-5-21-17(20)14(19)16(15-12(2)23-18(3,4)24-15)22-11-13-9-7-6-8-10-13/h6-10,12,14-16H,5,11,19H2,1-4H3/t12-,14-,15+,16-/m1/s1. The number of esters is 1. The third-order valence-electron chi connectivity index (χ3n) is 3.87. The number of carbonyl (C=O) groups is 1. The predicted octanol–water partition coefficient (Wildman–Crippen LogP) is 2.00. The molecule has 1 aliphatic heterocycles. The Morgan fingerprint density at radius 1 is 1.29 bits per heavy atom. The summed E-state index contributed by atoms with van der Waals surface area (Å²) >= 11 is 0. The molecule has 24 heavy (non-hydrogen) atoms. The molecule has 0 aliphatic carbocycles. The number of nitrogens with two attached hydrogens (primary N) is 1. The molecule has 1 fully saturated rings. The van der Waals surface area contributed by atoms with Crippen molar-refractivity contribution in [1.82, 2.24) is 0 Å². The number of hydrogen-bond donors (Lipinski definition) is 1. The summed E-state index contributed by atoms with van der Waals surface area (Å²) in [7, 11) is 0. The van der Waals surface area contributed by atoms with Gasteiger partial charge in [0.05, 0.1) is 19.3 Å². The second-order valence-corrected chi connectivity index (χ2v) is 6.34. The maximum absolute atomic E-state index is 12.1. The minimum absolute atomic E-state index is 0.249. The Hall–Kier alpha value is -1.47. The van der Waals surface area contributed by atoms with Crippen molar-refractivity contribution >= 4 is 5.97 Å². The molecule has 6 heteroatoms. The van der Waals surface area contributed by atoms with Crippen LogP contribution >= 0.6 is 0 Å². The second kappa shape index (κ2) is 8.07. The summed E-state index contributed by atoms with van der Waals surface area (Å²) in [4.78, 5) is 12.1. The van der Waals surface area contributed by atoms with E-state index in [2.05, 4.69) is 0 Å². The number of carbonyl (C=O) groups excluding carboxylic acids is 1. The molecule has 1 aliphatic rings. The molecule has 0 amide bonds. The predicted molar refractivity (Wildman–Crippen MR) is 89.1 cm³/mol. The second-order valence-electron chi connectivity index (χ2n) is 6.34. The molecule has 0 unspecified atom stereocenters. The van der Waals surface area contributed by atoms with Crippen LogP contribution in [0.2, 0.25) is 0 Å². The summed E-state index contributed by atoms with van der Waals surface area (Å²) in [5.74, 6) is -1.25. The molecule has 1 aromatic rings. The average Bonchev–Trinajstić information content (AvgIpc) is 2.81. The lowest BCUT2D eigenvalue weighted by Crippen LogP contribution is -2.52. The topological polar surface area (TPSA) is 80.0 Å². The molecule has 0 radical (unpaired) electrons. The third kappa shape index (κ3) is 4.77. The molecule has 134 valence electrons. The lowest BCUT2D eigenvalue weighted by molar-refractivity contribution is -0.170. The van der Waals surface area contributed by atoms with Crippen LogP contribution < -0.4 is 5.73 Å². The highest BCUT2D eigenvalue weighted by Gasteiger charge is 2.47. The Balaban J connectivity index is 2.13. The van der Waals surface area contributed by atoms with Crippen molar-refractivity contribution in [1.29, 1.82) is 0 Å². The summed E-state index contributed by atoms with van der Waals surface area (Å²) in [6.07, 6.45) is -1.37. The van der Waals surface area contributed by atoms with Crippen molar-refractivity contribution < 1.29 is 23.7 Å². The maximum Gasteiger partial charge on any atom is 0.325 e. The van der Waals surface area contributed by atoms with Crippen LogP contribution in [0.4, 0.5) is 0 Å². The van der Waals surface area contributed by atoms with Crippen LogP contribution in [-0.2, 0) is 30.3 Å². The Bertz CT molecular complexity index is 533. The number of rotatable bonds is 7. The van der Waals surface area contributed by atoms with Gasteiger partial charge in [-0.15, -0.1) is 0 Å². The van der Waals surface area contributed by atoms with E-state index in [1.807, 2.05) is 51.1 Å². The summed E-state index contributed by atoms with van der Waals surface area (Å²) in [6, 6.07) is 8.75. The van der Waals surface area contributed by atoms with E-state index in [1.54, 1.807) is 6.92 Å². The Kier molecular flexibility index (Phi) is 6.34. The molecular formula is C18H27NO5. The van der Waals surface area contributed by atoms with Crippen LogP contribution in [0.25, 0.3) is 0 Å². The molecule has 2 rings (SSSR count). The van der Waals surface area contributed by atoms with Crippen molar-refractivity contribution in [3.05, 3.63) is 35.9 Å². The first-order valence-corrected chi connectivity index (χ1v) is 8.27. The van der Waals surface area contributed by atoms with Crippen molar-refractivity contribution in [3.63, 3.8) is 0 Å². The first-order valence-electron chi connectivity index (χ1n) is 8.27. The summed E-state index contributed by atoms with van der Waals surface area (Å²) in [5.41, 5.74) is 7.10. The van der Waals surface area contributed by atoms with E-state index < -0.39 is 30.0 Å². The summed E-state index contributed by atoms with van der Waals surface area (Å²) in [6.45, 7) is 7.87. The summed E-state index contributed by atoms with van der Waals surface area (Å²) < 4.78 is 22.7. The van der Waals surface area contributed by atoms with E-state index in [9.17, 15) is 4.79 Å². The summed E-state index contributed by atoms with van der Waals surface area (Å²) in [5, 5.41) is 0. The number of hydrogen-bond acceptors (Lipinski definition) is 6. The van der Waals surface area contributed by atoms with Gasteiger partial charge < -0.3 is 24.7 Å². The van der Waals surface area contributed by atoms with E-state index in [0.29, 0.717) is 6.61 Å². The number of ether oxygens (including phenoxy) is 4. The lowest BCUT2D eigenvalue weighted by atomic mass is 10.0. The van der Waals surface area contributed by atoms with E-state index in [-0.39, 0.29) is 12.7 Å². The molecule has 1 heterocycles. The number of benzene rings is 1. The first-order chi connectivity index (χ1) is 11.3. The van der Waals surface area contributed by atoms with Gasteiger partial charge >= 0.3 is 5.97 Å². The van der Waals surface area contributed by atoms with E-state index in [4.69, 9.17) is 24.7 Å². The lowest BCUT2D eigenvalue weighted by Gasteiger charge is -2.29. The fraction of sp³-hybridized carbons (Fsp3) is 0.611. The van der Waals surface area contributed by atoms with E-state index in [0.717, 1.165) is 5.56 Å². The van der Waals surface area contributed by atoms with Gasteiger partial charge in [-0.3, -0.25) is 4.79 Å². The van der Waals surface area contributed by atoms with Crippen LogP contribution in [-0.4, -0.2) is 42.7 Å². The molecule has 0 saturated carbocycles. The molecule has 0 aromatic heterocycles. The van der Waals surface area contributed by atoms with Gasteiger partial charge in [0.15, 0.2) is 5.79 Å². The highest BCUT2D eigenvalue weighted by atomic mass is 16.8. The van der Waals surface area contributed by atoms with Crippen molar-refractivity contribution in [2.45, 2.75) is 64.4 Å². The smallest absolute Gasteiger partial charge is 0.325 e. The molecule has 1 saturated heterocycles. The normalized spacial score (nSPS) is 25.2. The molecule has 4 atom stereocenters. The van der Waals surface area contributed by atoms with Gasteiger partial charge in [0.2, 0.25) is 0 Å². The zero-order valence-corrected chi connectivity index (χ0v) is 14.7. The fourth-order valence-corrected chi connectivity index (χ4v) is 2.84. The van der Waals surface area contributed by atoms with Gasteiger partial charge in [-0.2, -0.15) is 0 Å². The minimum Gasteiger partial charge on any atom is -0.465 e. The molecule has 6 nitrogen and oxygen atoms in total. The fourth-order valence-electron chi connectivity index (χ4n) is 2.84. The van der Waals surface area contributed by atoms with Gasteiger partial charge in [0, 0.05) is 0 Å². The minimum atomic E-state index is -0.946. The highest BCUT2D eigenvalue weighted by Crippen LogP contribution is 2.32. The zero-order chi connectivity index (χ0) is 17.7. The van der Waals surface area contributed by atoms with Gasteiger partial charge in [0.1, 0.15) is 18.2 Å². The molecule has 0 bridgehead atoms. The molecule has 1 aromatic carbocycles. The third-order valence-corrected chi connectivity index (χ3v) is 3.87. The van der Waals surface area contributed by atoms with Crippen LogP contribution in [0, 0.1) is 0 Å². The first kappa shape index (κ1) is 18.9. The van der Waals surface area contributed by atoms with Crippen molar-refractivity contribution in [3.8, 4) is 0 Å². The molecule has 0 spiro atoms. The van der Waals surface area contributed by atoms with Crippen LogP contribution in [0.1, 0.15) is 33.3 Å². The van der Waals surface area contributed by atoms with E-state index in [1.165, 1.54) is 0 Å². The van der Waals surface area contributed by atoms with Crippen LogP contribution in [0.15, 0.2) is 30.3 Å². The Morgan fingerprint density at radius 3 is 2.50 bits per heavy atom. The van der Waals surface area contributed by atoms with Gasteiger partial charge in [-0.25, -0.2) is 0 Å². The molecule has 2 N–H and O–H groups in total. The quantitative estimate of drug-likeness (QED) is 0.767. The van der Waals surface area contributed by atoms with Crippen LogP contribution in [0.3, 0.4) is 0 Å².